The molecule has 0 radical (unpaired) electrons. The van der Waals surface area contributed by atoms with Crippen molar-refractivity contribution in [1.29, 1.82) is 0 Å². The highest BCUT2D eigenvalue weighted by Gasteiger charge is 2.30. The van der Waals surface area contributed by atoms with Gasteiger partial charge in [-0.3, -0.25) is 4.79 Å². The predicted octanol–water partition coefficient (Wildman–Crippen LogP) is 2.88. The zero-order chi connectivity index (χ0) is 15.5. The number of likely N-dealkylation sites (tertiary alicyclic amines) is 1. The molecular formula is C15H20ClF3N2O. The van der Waals surface area contributed by atoms with Crippen LogP contribution in [0.4, 0.5) is 13.2 Å². The van der Waals surface area contributed by atoms with Gasteiger partial charge in [0.05, 0.1) is 12.0 Å². The fourth-order valence-corrected chi connectivity index (χ4v) is 2.58. The zero-order valence-corrected chi connectivity index (χ0v) is 13.1. The van der Waals surface area contributed by atoms with Crippen LogP contribution in [0.3, 0.4) is 0 Å². The largest absolute Gasteiger partial charge is 0.416 e. The standard InChI is InChI=1S/C15H19F3N2O.ClH/c1-19-13-6-3-7-20(10-13)14(21)9-11-4-2-5-12(8-11)15(16,17)18;/h2,4-5,8,13,19H,3,6-7,9-10H2,1H3;1H. The third-order valence-corrected chi connectivity index (χ3v) is 3.79. The van der Waals surface area contributed by atoms with Crippen molar-refractivity contribution in [3.8, 4) is 0 Å². The highest BCUT2D eigenvalue weighted by Crippen LogP contribution is 2.29. The van der Waals surface area contributed by atoms with E-state index in [2.05, 4.69) is 5.32 Å². The summed E-state index contributed by atoms with van der Waals surface area (Å²) in [5.41, 5.74) is -0.305. The van der Waals surface area contributed by atoms with Gasteiger partial charge in [0.25, 0.3) is 0 Å². The molecule has 1 heterocycles. The number of alkyl halides is 3. The molecule has 7 heteroatoms. The summed E-state index contributed by atoms with van der Waals surface area (Å²) in [4.78, 5) is 13.9. The number of hydrogen-bond donors (Lipinski definition) is 1. The first kappa shape index (κ1) is 18.8. The molecule has 2 rings (SSSR count). The number of amides is 1. The maximum Gasteiger partial charge on any atom is 0.416 e. The molecule has 1 atom stereocenters. The lowest BCUT2D eigenvalue weighted by Crippen LogP contribution is -2.47. The lowest BCUT2D eigenvalue weighted by atomic mass is 10.0. The monoisotopic (exact) mass is 336 g/mol. The number of likely N-dealkylation sites (N-methyl/N-ethyl adjacent to an activating group) is 1. The summed E-state index contributed by atoms with van der Waals surface area (Å²) in [6, 6.07) is 5.25. The number of carbonyl (C=O) groups is 1. The molecule has 1 aliphatic rings. The van der Waals surface area contributed by atoms with Gasteiger partial charge in [-0.2, -0.15) is 13.2 Å². The van der Waals surface area contributed by atoms with Gasteiger partial charge in [-0.1, -0.05) is 18.2 Å². The number of hydrogen-bond acceptors (Lipinski definition) is 2. The van der Waals surface area contributed by atoms with Crippen molar-refractivity contribution in [3.63, 3.8) is 0 Å². The Labute approximate surface area is 134 Å². The summed E-state index contributed by atoms with van der Waals surface area (Å²) in [7, 11) is 1.85. The van der Waals surface area contributed by atoms with Gasteiger partial charge in [0.15, 0.2) is 0 Å². The average Bonchev–Trinajstić information content (AvgIpc) is 2.46. The van der Waals surface area contributed by atoms with E-state index in [4.69, 9.17) is 0 Å². The Kier molecular flexibility index (Phi) is 6.68. The van der Waals surface area contributed by atoms with E-state index in [-0.39, 0.29) is 30.8 Å². The predicted molar refractivity (Wildman–Crippen MR) is 81.1 cm³/mol. The van der Waals surface area contributed by atoms with Gasteiger partial charge in [0.1, 0.15) is 0 Å². The topological polar surface area (TPSA) is 32.3 Å². The van der Waals surface area contributed by atoms with Crippen molar-refractivity contribution in [2.45, 2.75) is 31.5 Å². The summed E-state index contributed by atoms with van der Waals surface area (Å²) < 4.78 is 38.0. The number of nitrogens with zero attached hydrogens (tertiary/aromatic N) is 1. The minimum atomic E-state index is -4.37. The molecular weight excluding hydrogens is 317 g/mol. The van der Waals surface area contributed by atoms with Crippen LogP contribution in [-0.4, -0.2) is 37.0 Å². The van der Waals surface area contributed by atoms with Crippen LogP contribution in [0.25, 0.3) is 0 Å². The Morgan fingerprint density at radius 3 is 2.77 bits per heavy atom. The highest BCUT2D eigenvalue weighted by atomic mass is 35.5. The van der Waals surface area contributed by atoms with Crippen molar-refractivity contribution >= 4 is 18.3 Å². The van der Waals surface area contributed by atoms with E-state index < -0.39 is 11.7 Å². The van der Waals surface area contributed by atoms with Gasteiger partial charge in [0.2, 0.25) is 5.91 Å². The van der Waals surface area contributed by atoms with Gasteiger partial charge in [-0.25, -0.2) is 0 Å². The molecule has 1 aliphatic heterocycles. The fourth-order valence-electron chi connectivity index (χ4n) is 2.58. The molecule has 0 bridgehead atoms. The number of halogens is 4. The van der Waals surface area contributed by atoms with Crippen LogP contribution in [-0.2, 0) is 17.4 Å². The van der Waals surface area contributed by atoms with Crippen LogP contribution in [0.2, 0.25) is 0 Å². The third-order valence-electron chi connectivity index (χ3n) is 3.79. The molecule has 3 nitrogen and oxygen atoms in total. The van der Waals surface area contributed by atoms with Crippen LogP contribution >= 0.6 is 12.4 Å². The van der Waals surface area contributed by atoms with Crippen LogP contribution in [0.15, 0.2) is 24.3 Å². The van der Waals surface area contributed by atoms with Gasteiger partial charge < -0.3 is 10.2 Å². The van der Waals surface area contributed by atoms with E-state index >= 15 is 0 Å². The van der Waals surface area contributed by atoms with Gasteiger partial charge in [-0.05, 0) is 31.5 Å². The quantitative estimate of drug-likeness (QED) is 0.920. The molecule has 1 N–H and O–H groups in total. The molecule has 1 unspecified atom stereocenters. The average molecular weight is 337 g/mol. The highest BCUT2D eigenvalue weighted by molar-refractivity contribution is 5.85. The smallest absolute Gasteiger partial charge is 0.341 e. The Balaban J connectivity index is 0.00000242. The molecule has 0 aliphatic carbocycles. The van der Waals surface area contributed by atoms with E-state index in [9.17, 15) is 18.0 Å². The second-order valence-electron chi connectivity index (χ2n) is 5.34. The maximum absolute atomic E-state index is 12.7. The van der Waals surface area contributed by atoms with Crippen LogP contribution in [0.1, 0.15) is 24.0 Å². The minimum absolute atomic E-state index is 0. The number of piperidine rings is 1. The van der Waals surface area contributed by atoms with Gasteiger partial charge in [-0.15, -0.1) is 12.4 Å². The Bertz CT molecular complexity index is 508. The van der Waals surface area contributed by atoms with E-state index in [1.165, 1.54) is 6.07 Å². The lowest BCUT2D eigenvalue weighted by molar-refractivity contribution is -0.138. The van der Waals surface area contributed by atoms with Crippen LogP contribution in [0.5, 0.6) is 0 Å². The van der Waals surface area contributed by atoms with Crippen molar-refractivity contribution in [1.82, 2.24) is 10.2 Å². The molecule has 0 spiro atoms. The Morgan fingerprint density at radius 1 is 1.41 bits per heavy atom. The molecule has 0 saturated carbocycles. The van der Waals surface area contributed by atoms with E-state index in [0.717, 1.165) is 25.0 Å². The first-order valence-corrected chi connectivity index (χ1v) is 7.01. The van der Waals surface area contributed by atoms with E-state index in [1.807, 2.05) is 7.05 Å². The van der Waals surface area contributed by atoms with Crippen LogP contribution in [0, 0.1) is 0 Å². The van der Waals surface area contributed by atoms with Crippen molar-refractivity contribution < 1.29 is 18.0 Å². The first-order chi connectivity index (χ1) is 9.90. The number of carbonyl (C=O) groups excluding carboxylic acids is 1. The summed E-state index contributed by atoms with van der Waals surface area (Å²) in [5.74, 6) is -0.116. The lowest BCUT2D eigenvalue weighted by Gasteiger charge is -2.32. The first-order valence-electron chi connectivity index (χ1n) is 7.01. The number of rotatable bonds is 3. The van der Waals surface area contributed by atoms with Crippen molar-refractivity contribution in [3.05, 3.63) is 35.4 Å². The normalized spacial score (nSPS) is 18.7. The van der Waals surface area contributed by atoms with Gasteiger partial charge in [0, 0.05) is 19.1 Å². The molecule has 22 heavy (non-hydrogen) atoms. The fraction of sp³-hybridized carbons (Fsp3) is 0.533. The van der Waals surface area contributed by atoms with Gasteiger partial charge >= 0.3 is 6.18 Å². The maximum atomic E-state index is 12.7. The Hall–Kier alpha value is -1.27. The number of nitrogens with one attached hydrogen (secondary N) is 1. The van der Waals surface area contributed by atoms with Crippen molar-refractivity contribution in [2.24, 2.45) is 0 Å². The van der Waals surface area contributed by atoms with E-state index in [1.54, 1.807) is 11.0 Å². The Morgan fingerprint density at radius 2 is 2.14 bits per heavy atom. The molecule has 1 amide bonds. The SMILES string of the molecule is CNC1CCCN(C(=O)Cc2cccc(C(F)(F)F)c2)C1.Cl. The van der Waals surface area contributed by atoms with Crippen molar-refractivity contribution in [2.75, 3.05) is 20.1 Å². The van der Waals surface area contributed by atoms with E-state index in [0.29, 0.717) is 18.7 Å². The summed E-state index contributed by atoms with van der Waals surface area (Å²) >= 11 is 0. The molecule has 0 aromatic heterocycles. The number of benzene rings is 1. The second kappa shape index (κ2) is 7.83. The molecule has 1 aromatic rings. The molecule has 1 aromatic carbocycles. The second-order valence-corrected chi connectivity index (χ2v) is 5.34. The van der Waals surface area contributed by atoms with Crippen LogP contribution < -0.4 is 5.32 Å². The molecule has 1 saturated heterocycles. The zero-order valence-electron chi connectivity index (χ0n) is 12.3. The summed E-state index contributed by atoms with van der Waals surface area (Å²) in [6.07, 6.45) is -2.43. The third kappa shape index (κ3) is 4.88. The summed E-state index contributed by atoms with van der Waals surface area (Å²) in [6.45, 7) is 1.30. The molecule has 124 valence electrons. The molecule has 1 fully saturated rings. The summed E-state index contributed by atoms with van der Waals surface area (Å²) in [5, 5.41) is 3.14. The minimum Gasteiger partial charge on any atom is -0.341 e.